The van der Waals surface area contributed by atoms with Crippen LogP contribution in [0.4, 0.5) is 0 Å². The first-order chi connectivity index (χ1) is 15.1. The molecule has 0 aromatic rings. The average molecular weight is 533 g/mol. The fraction of sp³-hybridized carbons (Fsp3) is 0.571. The molecule has 9 N–H and O–H groups in total. The second-order valence-electron chi connectivity index (χ2n) is 7.11. The van der Waals surface area contributed by atoms with Crippen LogP contribution in [0.1, 0.15) is 41.5 Å². The Morgan fingerprint density at radius 3 is 0.882 bits per heavy atom. The SMILES string of the molecule is CC(=O)C=C(O)NCC(C)O.CC(=O)C=C(O)NCC(C)O.CC(=O)C=C(O)NCC(C)O.[Fe]. The molecule has 0 fully saturated rings. The molecule has 13 heteroatoms. The molecule has 0 amide bonds. The standard InChI is InChI=1S/3C7H13NO3.Fe/c3*1-5(9)3-7(11)8-4-6(2)10;/h3*3,6,8,10-11H,4H2,1-2H3;. The van der Waals surface area contributed by atoms with Gasteiger partial charge in [0.25, 0.3) is 0 Å². The molecule has 0 radical (unpaired) electrons. The number of hydrogen-bond donors (Lipinski definition) is 9. The number of carbonyl (C=O) groups is 3. The predicted octanol–water partition coefficient (Wildman–Crippen LogP) is -0.167. The molecule has 3 atom stereocenters. The summed E-state index contributed by atoms with van der Waals surface area (Å²) in [6.45, 7) is 9.43. The van der Waals surface area contributed by atoms with Gasteiger partial charge in [-0.05, 0) is 41.5 Å². The van der Waals surface area contributed by atoms with Gasteiger partial charge >= 0.3 is 0 Å². The van der Waals surface area contributed by atoms with Crippen LogP contribution in [0.15, 0.2) is 35.9 Å². The van der Waals surface area contributed by atoms with Crippen LogP contribution in [0, 0.1) is 0 Å². The summed E-state index contributed by atoms with van der Waals surface area (Å²) in [7, 11) is 0. The number of nitrogens with one attached hydrogen (secondary N) is 3. The van der Waals surface area contributed by atoms with Crippen LogP contribution in [0.2, 0.25) is 0 Å². The van der Waals surface area contributed by atoms with Crippen molar-refractivity contribution in [1.82, 2.24) is 16.0 Å². The van der Waals surface area contributed by atoms with Crippen LogP contribution >= 0.6 is 0 Å². The average Bonchev–Trinajstić information content (AvgIpc) is 2.62. The summed E-state index contributed by atoms with van der Waals surface area (Å²) in [5.74, 6) is -1.34. The summed E-state index contributed by atoms with van der Waals surface area (Å²) >= 11 is 0. The van der Waals surface area contributed by atoms with Crippen LogP contribution in [0.3, 0.4) is 0 Å². The monoisotopic (exact) mass is 533 g/mol. The number of hydrogen-bond acceptors (Lipinski definition) is 12. The molecule has 0 aliphatic rings. The van der Waals surface area contributed by atoms with E-state index in [9.17, 15) is 14.4 Å². The summed E-state index contributed by atoms with van der Waals surface area (Å²) in [5.41, 5.74) is 0. The molecule has 0 bridgehead atoms. The molecule has 12 nitrogen and oxygen atoms in total. The first-order valence-electron chi connectivity index (χ1n) is 10.1. The number of allylic oxidation sites excluding steroid dienone is 3. The molecule has 0 aliphatic carbocycles. The smallest absolute Gasteiger partial charge is 0.187 e. The maximum atomic E-state index is 10.4. The van der Waals surface area contributed by atoms with Crippen molar-refractivity contribution in [3.8, 4) is 0 Å². The molecule has 0 aliphatic heterocycles. The van der Waals surface area contributed by atoms with Crippen LogP contribution in [-0.2, 0) is 31.5 Å². The van der Waals surface area contributed by atoms with E-state index in [1.807, 2.05) is 0 Å². The third kappa shape index (κ3) is 39.9. The fourth-order valence-corrected chi connectivity index (χ4v) is 1.49. The summed E-state index contributed by atoms with van der Waals surface area (Å²) in [4.78, 5) is 31.1. The number of carbonyl (C=O) groups excluding carboxylic acids is 3. The van der Waals surface area contributed by atoms with Crippen LogP contribution in [0.5, 0.6) is 0 Å². The minimum atomic E-state index is -0.544. The second-order valence-corrected chi connectivity index (χ2v) is 7.11. The third-order valence-electron chi connectivity index (χ3n) is 2.76. The fourth-order valence-electron chi connectivity index (χ4n) is 1.49. The molecule has 0 rings (SSSR count). The van der Waals surface area contributed by atoms with Gasteiger partial charge in [0, 0.05) is 54.9 Å². The summed E-state index contributed by atoms with van der Waals surface area (Å²) in [6, 6.07) is 0. The number of ketones is 3. The van der Waals surface area contributed by atoms with Crippen molar-refractivity contribution in [1.29, 1.82) is 0 Å². The zero-order valence-electron chi connectivity index (χ0n) is 20.3. The van der Waals surface area contributed by atoms with Crippen molar-refractivity contribution in [2.24, 2.45) is 0 Å². The van der Waals surface area contributed by atoms with Gasteiger partial charge in [0.05, 0.1) is 18.3 Å². The number of aliphatic hydroxyl groups is 6. The quantitative estimate of drug-likeness (QED) is 0.0910. The Morgan fingerprint density at radius 1 is 0.588 bits per heavy atom. The third-order valence-corrected chi connectivity index (χ3v) is 2.76. The van der Waals surface area contributed by atoms with E-state index >= 15 is 0 Å². The van der Waals surface area contributed by atoms with E-state index in [0.717, 1.165) is 18.2 Å². The maximum Gasteiger partial charge on any atom is 0.187 e. The topological polar surface area (TPSA) is 209 Å². The first-order valence-corrected chi connectivity index (χ1v) is 10.1. The molecule has 200 valence electrons. The Hall–Kier alpha value is -2.57. The van der Waals surface area contributed by atoms with Gasteiger partial charge in [0.1, 0.15) is 0 Å². The first kappa shape index (κ1) is 38.7. The molecule has 0 heterocycles. The van der Waals surface area contributed by atoms with Gasteiger partial charge in [-0.3, -0.25) is 14.4 Å². The molecule has 34 heavy (non-hydrogen) atoms. The van der Waals surface area contributed by atoms with Gasteiger partial charge in [-0.15, -0.1) is 0 Å². The Kier molecular flexibility index (Phi) is 26.8. The molecule has 0 spiro atoms. The van der Waals surface area contributed by atoms with E-state index in [4.69, 9.17) is 30.6 Å². The number of rotatable bonds is 12. The van der Waals surface area contributed by atoms with Crippen molar-refractivity contribution in [2.45, 2.75) is 59.9 Å². The molecule has 0 saturated carbocycles. The Bertz CT molecular complexity index is 586. The van der Waals surface area contributed by atoms with Gasteiger partial charge in [-0.1, -0.05) is 0 Å². The molecule has 0 aromatic carbocycles. The van der Waals surface area contributed by atoms with E-state index < -0.39 is 18.3 Å². The molecular weight excluding hydrogens is 494 g/mol. The van der Waals surface area contributed by atoms with Gasteiger partial charge in [0.15, 0.2) is 35.0 Å². The normalized spacial score (nSPS) is 13.9. The van der Waals surface area contributed by atoms with Crippen LogP contribution < -0.4 is 16.0 Å². The predicted molar refractivity (Wildman–Crippen MR) is 123 cm³/mol. The minimum Gasteiger partial charge on any atom is -0.495 e. The summed E-state index contributed by atoms with van der Waals surface area (Å²) in [6.07, 6.45) is 1.54. The van der Waals surface area contributed by atoms with Crippen molar-refractivity contribution in [3.05, 3.63) is 35.9 Å². The molecular formula is C21H39FeN3O9. The van der Waals surface area contributed by atoms with E-state index in [2.05, 4.69) is 16.0 Å². The minimum absolute atomic E-state index is 0. The largest absolute Gasteiger partial charge is 0.495 e. The van der Waals surface area contributed by atoms with Crippen molar-refractivity contribution < 1.29 is 62.1 Å². The Labute approximate surface area is 210 Å². The van der Waals surface area contributed by atoms with Crippen molar-refractivity contribution >= 4 is 17.3 Å². The zero-order chi connectivity index (χ0) is 26.6. The Morgan fingerprint density at radius 2 is 0.765 bits per heavy atom. The second kappa shape index (κ2) is 23.6. The molecule has 3 unspecified atom stereocenters. The van der Waals surface area contributed by atoms with Crippen molar-refractivity contribution in [3.63, 3.8) is 0 Å². The van der Waals surface area contributed by atoms with Gasteiger partial charge < -0.3 is 46.6 Å². The van der Waals surface area contributed by atoms with Gasteiger partial charge in [-0.25, -0.2) is 0 Å². The van der Waals surface area contributed by atoms with E-state index in [1.54, 1.807) is 20.8 Å². The van der Waals surface area contributed by atoms with Gasteiger partial charge in [0.2, 0.25) is 0 Å². The van der Waals surface area contributed by atoms with Crippen LogP contribution in [-0.4, -0.2) is 85.9 Å². The maximum absolute atomic E-state index is 10.4. The summed E-state index contributed by atoms with van der Waals surface area (Å²) < 4.78 is 0. The molecule has 0 saturated heterocycles. The zero-order valence-corrected chi connectivity index (χ0v) is 21.5. The van der Waals surface area contributed by atoms with E-state index in [-0.39, 0.29) is 71.7 Å². The summed E-state index contributed by atoms with van der Waals surface area (Å²) in [5, 5.41) is 60.3. The van der Waals surface area contributed by atoms with Crippen LogP contribution in [0.25, 0.3) is 0 Å². The van der Waals surface area contributed by atoms with E-state index in [0.29, 0.717) is 0 Å². The van der Waals surface area contributed by atoms with E-state index in [1.165, 1.54) is 20.8 Å². The van der Waals surface area contributed by atoms with Gasteiger partial charge in [-0.2, -0.15) is 0 Å². The van der Waals surface area contributed by atoms with Crippen molar-refractivity contribution in [2.75, 3.05) is 19.6 Å². The molecule has 0 aromatic heterocycles. The number of aliphatic hydroxyl groups excluding tert-OH is 6. The Balaban J connectivity index is -0.000000196.